The summed E-state index contributed by atoms with van der Waals surface area (Å²) >= 11 is 5.33. The molecule has 0 aliphatic heterocycles. The second-order valence-electron chi connectivity index (χ2n) is 5.96. The minimum Gasteiger partial charge on any atom is -0.374 e. The predicted molar refractivity (Wildman–Crippen MR) is 106 cm³/mol. The molecule has 3 nitrogen and oxygen atoms in total. The highest BCUT2D eigenvalue weighted by molar-refractivity contribution is 7.80. The fourth-order valence-electron chi connectivity index (χ4n) is 2.35. The molecule has 0 fully saturated rings. The number of thiocarbonyl (C=S) groups is 1. The average molecular weight is 343 g/mol. The monoisotopic (exact) mass is 342 g/mol. The maximum atomic E-state index is 5.85. The van der Waals surface area contributed by atoms with Crippen LogP contribution < -0.4 is 10.6 Å². The van der Waals surface area contributed by atoms with Gasteiger partial charge in [-0.25, -0.2) is 0 Å². The molecule has 24 heavy (non-hydrogen) atoms. The Hall–Kier alpha value is -1.91. The van der Waals surface area contributed by atoms with Crippen LogP contribution in [0.4, 0.5) is 5.69 Å². The van der Waals surface area contributed by atoms with Crippen LogP contribution in [0.1, 0.15) is 36.1 Å². The van der Waals surface area contributed by atoms with Gasteiger partial charge in [0.05, 0.1) is 6.10 Å². The molecule has 0 spiro atoms. The second-order valence-corrected chi connectivity index (χ2v) is 6.37. The molecular formula is C20H26N2OS. The van der Waals surface area contributed by atoms with Crippen molar-refractivity contribution in [3.63, 3.8) is 0 Å². The number of benzene rings is 2. The van der Waals surface area contributed by atoms with E-state index >= 15 is 0 Å². The fourth-order valence-corrected chi connectivity index (χ4v) is 2.57. The van der Waals surface area contributed by atoms with E-state index in [0.717, 1.165) is 18.7 Å². The minimum absolute atomic E-state index is 0.117. The normalized spacial score (nSPS) is 11.8. The van der Waals surface area contributed by atoms with E-state index < -0.39 is 0 Å². The molecule has 2 aromatic rings. The Morgan fingerprint density at radius 3 is 2.54 bits per heavy atom. The number of aryl methyl sites for hydroxylation is 2. The van der Waals surface area contributed by atoms with Gasteiger partial charge in [-0.1, -0.05) is 36.4 Å². The summed E-state index contributed by atoms with van der Waals surface area (Å²) in [5.41, 5.74) is 4.76. The Morgan fingerprint density at radius 2 is 1.83 bits per heavy atom. The first-order valence-electron chi connectivity index (χ1n) is 8.35. The van der Waals surface area contributed by atoms with Crippen molar-refractivity contribution >= 4 is 23.0 Å². The number of ether oxygens (including phenoxy) is 1. The zero-order chi connectivity index (χ0) is 17.4. The number of hydrogen-bond acceptors (Lipinski definition) is 2. The molecule has 0 unspecified atom stereocenters. The molecule has 0 saturated carbocycles. The second kappa shape index (κ2) is 9.40. The molecule has 0 amide bonds. The molecule has 0 bridgehead atoms. The maximum Gasteiger partial charge on any atom is 0.170 e. The molecule has 2 aromatic carbocycles. The van der Waals surface area contributed by atoms with E-state index in [2.05, 4.69) is 55.7 Å². The van der Waals surface area contributed by atoms with Crippen LogP contribution in [0.25, 0.3) is 0 Å². The molecular weight excluding hydrogens is 316 g/mol. The van der Waals surface area contributed by atoms with Crippen molar-refractivity contribution in [2.24, 2.45) is 0 Å². The van der Waals surface area contributed by atoms with Crippen LogP contribution in [0.3, 0.4) is 0 Å². The Balaban J connectivity index is 1.63. The molecule has 0 aliphatic carbocycles. The van der Waals surface area contributed by atoms with Crippen molar-refractivity contribution in [1.82, 2.24) is 5.32 Å². The molecule has 0 heterocycles. The lowest BCUT2D eigenvalue weighted by Gasteiger charge is -2.14. The summed E-state index contributed by atoms with van der Waals surface area (Å²) in [6.07, 6.45) is 1.03. The highest BCUT2D eigenvalue weighted by Gasteiger charge is 2.04. The predicted octanol–water partition coefficient (Wildman–Crippen LogP) is 4.76. The summed E-state index contributed by atoms with van der Waals surface area (Å²) in [6, 6.07) is 16.5. The fraction of sp³-hybridized carbons (Fsp3) is 0.350. The topological polar surface area (TPSA) is 33.3 Å². The van der Waals surface area contributed by atoms with Crippen LogP contribution in [0.2, 0.25) is 0 Å². The lowest BCUT2D eigenvalue weighted by Crippen LogP contribution is -2.29. The Labute approximate surface area is 150 Å². The van der Waals surface area contributed by atoms with E-state index in [9.17, 15) is 0 Å². The molecule has 0 radical (unpaired) electrons. The van der Waals surface area contributed by atoms with E-state index in [1.165, 1.54) is 16.7 Å². The number of nitrogens with one attached hydrogen (secondary N) is 2. The van der Waals surface area contributed by atoms with Gasteiger partial charge in [0.2, 0.25) is 0 Å². The van der Waals surface area contributed by atoms with Crippen LogP contribution in [-0.4, -0.2) is 18.3 Å². The number of anilines is 1. The van der Waals surface area contributed by atoms with Gasteiger partial charge in [-0.3, -0.25) is 0 Å². The summed E-state index contributed by atoms with van der Waals surface area (Å²) < 4.78 is 5.85. The largest absolute Gasteiger partial charge is 0.374 e. The van der Waals surface area contributed by atoms with E-state index in [0.29, 0.717) is 11.7 Å². The van der Waals surface area contributed by atoms with Gasteiger partial charge in [0.25, 0.3) is 0 Å². The Morgan fingerprint density at radius 1 is 1.08 bits per heavy atom. The molecule has 0 aliphatic rings. The van der Waals surface area contributed by atoms with Gasteiger partial charge < -0.3 is 15.4 Å². The quantitative estimate of drug-likeness (QED) is 0.561. The summed E-state index contributed by atoms with van der Waals surface area (Å²) in [5.74, 6) is 0. The lowest BCUT2D eigenvalue weighted by atomic mass is 10.1. The van der Waals surface area contributed by atoms with Crippen molar-refractivity contribution in [2.45, 2.75) is 33.3 Å². The number of hydrogen-bond donors (Lipinski definition) is 2. The first-order chi connectivity index (χ1) is 11.6. The van der Waals surface area contributed by atoms with Crippen LogP contribution in [0.15, 0.2) is 48.5 Å². The molecule has 128 valence electrons. The minimum atomic E-state index is 0.117. The first kappa shape index (κ1) is 18.4. The molecule has 4 heteroatoms. The van der Waals surface area contributed by atoms with Crippen molar-refractivity contribution in [3.8, 4) is 0 Å². The number of rotatable bonds is 7. The van der Waals surface area contributed by atoms with Gasteiger partial charge in [-0.2, -0.15) is 0 Å². The van der Waals surface area contributed by atoms with E-state index in [-0.39, 0.29) is 6.10 Å². The van der Waals surface area contributed by atoms with Gasteiger partial charge in [0, 0.05) is 18.8 Å². The summed E-state index contributed by atoms with van der Waals surface area (Å²) in [6.45, 7) is 7.77. The van der Waals surface area contributed by atoms with Crippen molar-refractivity contribution in [3.05, 3.63) is 65.2 Å². The van der Waals surface area contributed by atoms with E-state index in [1.54, 1.807) is 0 Å². The average Bonchev–Trinajstić information content (AvgIpc) is 2.58. The van der Waals surface area contributed by atoms with E-state index in [4.69, 9.17) is 17.0 Å². The van der Waals surface area contributed by atoms with Gasteiger partial charge in [0.15, 0.2) is 5.11 Å². The van der Waals surface area contributed by atoms with Crippen LogP contribution >= 0.6 is 12.2 Å². The molecule has 2 rings (SSSR count). The van der Waals surface area contributed by atoms with Crippen LogP contribution in [-0.2, 0) is 4.74 Å². The highest BCUT2D eigenvalue weighted by atomic mass is 32.1. The van der Waals surface area contributed by atoms with Crippen LogP contribution in [0.5, 0.6) is 0 Å². The Kier molecular flexibility index (Phi) is 7.22. The zero-order valence-corrected chi connectivity index (χ0v) is 15.5. The molecule has 0 saturated heterocycles. The summed E-state index contributed by atoms with van der Waals surface area (Å²) in [4.78, 5) is 0. The first-order valence-corrected chi connectivity index (χ1v) is 8.76. The standard InChI is InChI=1S/C20H26N2OS/c1-15-10-11-19(14-16(15)2)22-20(24)21-12-7-13-23-17(3)18-8-5-4-6-9-18/h4-6,8-11,14,17H,7,12-13H2,1-3H3,(H2,21,22,24)/t17-/m0/s1. The third-order valence-electron chi connectivity index (χ3n) is 4.01. The van der Waals surface area contributed by atoms with Crippen molar-refractivity contribution in [1.29, 1.82) is 0 Å². The SMILES string of the molecule is Cc1ccc(NC(=S)NCCCO[C@@H](C)c2ccccc2)cc1C. The third kappa shape index (κ3) is 5.95. The molecule has 2 N–H and O–H groups in total. The van der Waals surface area contributed by atoms with Crippen molar-refractivity contribution in [2.75, 3.05) is 18.5 Å². The van der Waals surface area contributed by atoms with Crippen LogP contribution in [0, 0.1) is 13.8 Å². The van der Waals surface area contributed by atoms with Gasteiger partial charge >= 0.3 is 0 Å². The Bertz CT molecular complexity index is 658. The third-order valence-corrected chi connectivity index (χ3v) is 4.25. The zero-order valence-electron chi connectivity index (χ0n) is 14.6. The maximum absolute atomic E-state index is 5.85. The lowest BCUT2D eigenvalue weighted by molar-refractivity contribution is 0.0646. The molecule has 1 atom stereocenters. The van der Waals surface area contributed by atoms with Gasteiger partial charge in [-0.05, 0) is 68.2 Å². The highest BCUT2D eigenvalue weighted by Crippen LogP contribution is 2.16. The van der Waals surface area contributed by atoms with E-state index in [1.807, 2.05) is 24.3 Å². The smallest absolute Gasteiger partial charge is 0.170 e. The van der Waals surface area contributed by atoms with Crippen molar-refractivity contribution < 1.29 is 4.74 Å². The van der Waals surface area contributed by atoms with Gasteiger partial charge in [-0.15, -0.1) is 0 Å². The van der Waals surface area contributed by atoms with Gasteiger partial charge in [0.1, 0.15) is 0 Å². The summed E-state index contributed by atoms with van der Waals surface area (Å²) in [5, 5.41) is 7.08. The summed E-state index contributed by atoms with van der Waals surface area (Å²) in [7, 11) is 0. The molecule has 0 aromatic heterocycles.